The summed E-state index contributed by atoms with van der Waals surface area (Å²) in [6, 6.07) is 14.4. The number of rotatable bonds is 3. The number of hydrogen-bond donors (Lipinski definition) is 0. The van der Waals surface area contributed by atoms with Crippen molar-refractivity contribution < 1.29 is 4.39 Å². The van der Waals surface area contributed by atoms with Crippen LogP contribution in [-0.4, -0.2) is 11.2 Å². The minimum absolute atomic E-state index is 0.244. The molecule has 0 aliphatic carbocycles. The topological polar surface area (TPSA) is 25.2 Å². The molecule has 0 amide bonds. The van der Waals surface area contributed by atoms with Crippen LogP contribution in [0.25, 0.3) is 11.3 Å². The molecule has 0 aliphatic heterocycles. The number of thiazole rings is 1. The van der Waals surface area contributed by atoms with E-state index < -0.39 is 0 Å². The van der Waals surface area contributed by atoms with Gasteiger partial charge in [0.05, 0.1) is 5.69 Å². The SMILES string of the molecule is Cc1ccc(/C=N/c2nc(-c3ccc(F)cc3)cs2)cc1. The van der Waals surface area contributed by atoms with Crippen molar-refractivity contribution in [2.24, 2.45) is 4.99 Å². The molecule has 0 fully saturated rings. The normalized spacial score (nSPS) is 11.1. The fourth-order valence-electron chi connectivity index (χ4n) is 1.86. The molecule has 0 N–H and O–H groups in total. The highest BCUT2D eigenvalue weighted by molar-refractivity contribution is 7.13. The molecule has 2 nitrogen and oxygen atoms in total. The Bertz CT molecular complexity index is 758. The second-order valence-corrected chi connectivity index (χ2v) is 5.53. The number of aromatic nitrogens is 1. The molecule has 4 heteroatoms. The van der Waals surface area contributed by atoms with Crippen LogP contribution < -0.4 is 0 Å². The number of halogens is 1. The molecular weight excluding hydrogens is 283 g/mol. The highest BCUT2D eigenvalue weighted by atomic mass is 32.1. The average Bonchev–Trinajstić information content (AvgIpc) is 2.96. The number of aryl methyl sites for hydroxylation is 1. The minimum Gasteiger partial charge on any atom is -0.227 e. The van der Waals surface area contributed by atoms with Gasteiger partial charge in [-0.2, -0.15) is 0 Å². The predicted molar refractivity (Wildman–Crippen MR) is 85.9 cm³/mol. The summed E-state index contributed by atoms with van der Waals surface area (Å²) in [4.78, 5) is 8.82. The maximum atomic E-state index is 12.9. The van der Waals surface area contributed by atoms with Gasteiger partial charge in [0.15, 0.2) is 0 Å². The molecule has 0 saturated carbocycles. The van der Waals surface area contributed by atoms with Crippen LogP contribution in [0, 0.1) is 12.7 Å². The Kier molecular flexibility index (Phi) is 3.88. The first-order chi connectivity index (χ1) is 10.2. The second kappa shape index (κ2) is 5.97. The number of hydrogen-bond acceptors (Lipinski definition) is 3. The van der Waals surface area contributed by atoms with E-state index in [0.717, 1.165) is 16.8 Å². The summed E-state index contributed by atoms with van der Waals surface area (Å²) >= 11 is 1.47. The fraction of sp³-hybridized carbons (Fsp3) is 0.0588. The molecule has 3 rings (SSSR count). The average molecular weight is 296 g/mol. The van der Waals surface area contributed by atoms with Gasteiger partial charge >= 0.3 is 0 Å². The van der Waals surface area contributed by atoms with Crippen molar-refractivity contribution >= 4 is 22.7 Å². The van der Waals surface area contributed by atoms with E-state index >= 15 is 0 Å². The van der Waals surface area contributed by atoms with Gasteiger partial charge in [0.1, 0.15) is 5.82 Å². The third kappa shape index (κ3) is 3.41. The Morgan fingerprint density at radius 1 is 1.05 bits per heavy atom. The molecule has 0 radical (unpaired) electrons. The summed E-state index contributed by atoms with van der Waals surface area (Å²) in [5.41, 5.74) is 3.97. The summed E-state index contributed by atoms with van der Waals surface area (Å²) < 4.78 is 12.9. The van der Waals surface area contributed by atoms with Crippen molar-refractivity contribution in [2.75, 3.05) is 0 Å². The van der Waals surface area contributed by atoms with Crippen LogP contribution in [0.15, 0.2) is 58.9 Å². The lowest BCUT2D eigenvalue weighted by molar-refractivity contribution is 0.628. The van der Waals surface area contributed by atoms with E-state index in [1.165, 1.54) is 29.0 Å². The Morgan fingerprint density at radius 3 is 2.48 bits per heavy atom. The first kappa shape index (κ1) is 13.6. The Balaban J connectivity index is 1.78. The van der Waals surface area contributed by atoms with E-state index in [2.05, 4.69) is 16.9 Å². The minimum atomic E-state index is -0.244. The van der Waals surface area contributed by atoms with E-state index in [1.807, 2.05) is 29.6 Å². The lowest BCUT2D eigenvalue weighted by Gasteiger charge is -1.95. The van der Waals surface area contributed by atoms with E-state index in [4.69, 9.17) is 0 Å². The maximum absolute atomic E-state index is 12.9. The van der Waals surface area contributed by atoms with Crippen LogP contribution in [0.3, 0.4) is 0 Å². The molecule has 0 bridgehead atoms. The van der Waals surface area contributed by atoms with Gasteiger partial charge in [0.2, 0.25) is 5.13 Å². The Labute approximate surface area is 126 Å². The van der Waals surface area contributed by atoms with Crippen molar-refractivity contribution in [1.82, 2.24) is 4.98 Å². The highest BCUT2D eigenvalue weighted by Crippen LogP contribution is 2.26. The molecule has 1 heterocycles. The van der Waals surface area contributed by atoms with Crippen LogP contribution >= 0.6 is 11.3 Å². The molecule has 0 spiro atoms. The van der Waals surface area contributed by atoms with Crippen LogP contribution in [0.5, 0.6) is 0 Å². The van der Waals surface area contributed by atoms with Crippen molar-refractivity contribution in [1.29, 1.82) is 0 Å². The van der Waals surface area contributed by atoms with Crippen LogP contribution in [0.4, 0.5) is 9.52 Å². The van der Waals surface area contributed by atoms with Gasteiger partial charge in [0, 0.05) is 17.2 Å². The molecule has 2 aromatic carbocycles. The molecule has 0 atom stereocenters. The lowest BCUT2D eigenvalue weighted by atomic mass is 10.2. The van der Waals surface area contributed by atoms with Gasteiger partial charge in [-0.3, -0.25) is 0 Å². The Morgan fingerprint density at radius 2 is 1.76 bits per heavy atom. The van der Waals surface area contributed by atoms with Crippen LogP contribution in [0.1, 0.15) is 11.1 Å². The van der Waals surface area contributed by atoms with E-state index in [-0.39, 0.29) is 5.82 Å². The summed E-state index contributed by atoms with van der Waals surface area (Å²) in [5, 5.41) is 2.62. The molecule has 104 valence electrons. The summed E-state index contributed by atoms with van der Waals surface area (Å²) in [6.07, 6.45) is 1.80. The number of aliphatic imine (C=N–C) groups is 1. The van der Waals surface area contributed by atoms with Crippen molar-refractivity contribution in [3.8, 4) is 11.3 Å². The third-order valence-electron chi connectivity index (χ3n) is 3.03. The molecule has 1 aromatic heterocycles. The smallest absolute Gasteiger partial charge is 0.209 e. The van der Waals surface area contributed by atoms with E-state index in [0.29, 0.717) is 5.13 Å². The summed E-state index contributed by atoms with van der Waals surface area (Å²) in [6.45, 7) is 2.05. The molecule has 0 aliphatic rings. The second-order valence-electron chi connectivity index (χ2n) is 4.69. The van der Waals surface area contributed by atoms with Gasteiger partial charge in [-0.25, -0.2) is 14.4 Å². The molecule has 21 heavy (non-hydrogen) atoms. The largest absolute Gasteiger partial charge is 0.227 e. The van der Waals surface area contributed by atoms with Crippen LogP contribution in [-0.2, 0) is 0 Å². The van der Waals surface area contributed by atoms with Crippen molar-refractivity contribution in [2.45, 2.75) is 6.92 Å². The fourth-order valence-corrected chi connectivity index (χ4v) is 2.53. The maximum Gasteiger partial charge on any atom is 0.209 e. The number of benzene rings is 2. The first-order valence-corrected chi connectivity index (χ1v) is 7.41. The monoisotopic (exact) mass is 296 g/mol. The van der Waals surface area contributed by atoms with Crippen LogP contribution in [0.2, 0.25) is 0 Å². The van der Waals surface area contributed by atoms with Crippen molar-refractivity contribution in [3.05, 3.63) is 70.9 Å². The highest BCUT2D eigenvalue weighted by Gasteiger charge is 2.03. The zero-order valence-corrected chi connectivity index (χ0v) is 12.3. The summed E-state index contributed by atoms with van der Waals surface area (Å²) in [7, 11) is 0. The summed E-state index contributed by atoms with van der Waals surface area (Å²) in [5.74, 6) is -0.244. The Hall–Kier alpha value is -2.33. The molecule has 0 saturated heterocycles. The van der Waals surface area contributed by atoms with Gasteiger partial charge in [-0.05, 0) is 36.8 Å². The zero-order valence-electron chi connectivity index (χ0n) is 11.5. The van der Waals surface area contributed by atoms with Gasteiger partial charge in [-0.15, -0.1) is 11.3 Å². The predicted octanol–water partition coefficient (Wildman–Crippen LogP) is 5.01. The van der Waals surface area contributed by atoms with Gasteiger partial charge < -0.3 is 0 Å². The van der Waals surface area contributed by atoms with E-state index in [9.17, 15) is 4.39 Å². The van der Waals surface area contributed by atoms with Gasteiger partial charge in [-0.1, -0.05) is 29.8 Å². The van der Waals surface area contributed by atoms with Gasteiger partial charge in [0.25, 0.3) is 0 Å². The molecule has 3 aromatic rings. The number of nitrogens with zero attached hydrogens (tertiary/aromatic N) is 2. The van der Waals surface area contributed by atoms with E-state index in [1.54, 1.807) is 18.3 Å². The lowest BCUT2D eigenvalue weighted by Crippen LogP contribution is -1.81. The quantitative estimate of drug-likeness (QED) is 0.624. The zero-order chi connectivity index (χ0) is 14.7. The first-order valence-electron chi connectivity index (χ1n) is 6.53. The standard InChI is InChI=1S/C17H13FN2S/c1-12-2-4-13(5-3-12)10-19-17-20-16(11-21-17)14-6-8-15(18)9-7-14/h2-11H,1H3/b19-10+. The van der Waals surface area contributed by atoms with Crippen molar-refractivity contribution in [3.63, 3.8) is 0 Å². The molecule has 0 unspecified atom stereocenters. The molecular formula is C17H13FN2S. The third-order valence-corrected chi connectivity index (χ3v) is 3.78.